The molecule has 0 atom stereocenters. The first-order valence-electron chi connectivity index (χ1n) is 8.37. The van der Waals surface area contributed by atoms with Crippen LogP contribution in [0.4, 0.5) is 22.7 Å². The molecule has 10 nitrogen and oxygen atoms in total. The molecule has 3 aromatic rings. The molecular weight excluding hydrogens is 384 g/mol. The summed E-state index contributed by atoms with van der Waals surface area (Å²) in [6, 6.07) is 8.72. The zero-order chi connectivity index (χ0) is 19.5. The molecule has 1 saturated heterocycles. The number of nitro groups is 1. The van der Waals surface area contributed by atoms with Crippen molar-refractivity contribution in [3.8, 4) is 5.40 Å². The molecule has 0 unspecified atom stereocenters. The van der Waals surface area contributed by atoms with Gasteiger partial charge in [0, 0.05) is 23.7 Å². The number of fused-ring (bicyclic) bond motifs is 1. The number of hydrogen-bond acceptors (Lipinski definition) is 10. The van der Waals surface area contributed by atoms with Gasteiger partial charge in [0.25, 0.3) is 0 Å². The third-order valence-electron chi connectivity index (χ3n) is 4.32. The first kappa shape index (κ1) is 18.0. The quantitative estimate of drug-likeness (QED) is 0.295. The summed E-state index contributed by atoms with van der Waals surface area (Å²) in [4.78, 5) is 14.1. The van der Waals surface area contributed by atoms with Crippen LogP contribution >= 0.6 is 11.8 Å². The lowest BCUT2D eigenvalue weighted by Gasteiger charge is -2.29. The summed E-state index contributed by atoms with van der Waals surface area (Å²) < 4.78 is 10.2. The third-order valence-corrected chi connectivity index (χ3v) is 4.92. The van der Waals surface area contributed by atoms with Gasteiger partial charge in [0.2, 0.25) is 5.52 Å². The minimum absolute atomic E-state index is 0.0909. The number of benzene rings is 2. The van der Waals surface area contributed by atoms with E-state index in [0.717, 1.165) is 16.7 Å². The zero-order valence-electron chi connectivity index (χ0n) is 14.5. The van der Waals surface area contributed by atoms with Crippen molar-refractivity contribution in [3.05, 3.63) is 40.4 Å². The monoisotopic (exact) mass is 398 g/mol. The molecule has 1 N–H and O–H groups in total. The number of rotatable bonds is 5. The Kier molecular flexibility index (Phi) is 4.96. The van der Waals surface area contributed by atoms with Crippen LogP contribution in [0.25, 0.3) is 11.0 Å². The van der Waals surface area contributed by atoms with Gasteiger partial charge in [-0.2, -0.15) is 5.26 Å². The first-order valence-corrected chi connectivity index (χ1v) is 9.18. The Bertz CT molecular complexity index is 1060. The zero-order valence-corrected chi connectivity index (χ0v) is 15.3. The third kappa shape index (κ3) is 3.42. The van der Waals surface area contributed by atoms with E-state index in [0.29, 0.717) is 43.2 Å². The molecule has 0 aliphatic carbocycles. The van der Waals surface area contributed by atoms with Gasteiger partial charge in [-0.1, -0.05) is 0 Å². The minimum Gasteiger partial charge on any atom is -0.378 e. The molecule has 1 aliphatic heterocycles. The molecule has 142 valence electrons. The van der Waals surface area contributed by atoms with E-state index in [4.69, 9.17) is 14.6 Å². The van der Waals surface area contributed by atoms with Crippen LogP contribution in [0, 0.1) is 20.8 Å². The number of nitrogens with one attached hydrogen (secondary N) is 1. The van der Waals surface area contributed by atoms with Crippen molar-refractivity contribution in [1.29, 1.82) is 5.26 Å². The number of hydrogen-bond donors (Lipinski definition) is 1. The summed E-state index contributed by atoms with van der Waals surface area (Å²) in [7, 11) is 0. The molecule has 0 saturated carbocycles. The van der Waals surface area contributed by atoms with E-state index in [9.17, 15) is 10.1 Å². The highest BCUT2D eigenvalue weighted by molar-refractivity contribution is 8.03. The smallest absolute Gasteiger partial charge is 0.324 e. The number of ether oxygens (including phenoxy) is 1. The number of thiocyanates is 1. The highest BCUT2D eigenvalue weighted by Gasteiger charge is 2.28. The summed E-state index contributed by atoms with van der Waals surface area (Å²) in [5.74, 6) is 0. The predicted octanol–water partition coefficient (Wildman–Crippen LogP) is 3.28. The van der Waals surface area contributed by atoms with E-state index < -0.39 is 4.92 Å². The average molecular weight is 398 g/mol. The molecule has 0 radical (unpaired) electrons. The number of aromatic nitrogens is 2. The summed E-state index contributed by atoms with van der Waals surface area (Å²) in [6.45, 7) is 2.40. The maximum absolute atomic E-state index is 11.7. The van der Waals surface area contributed by atoms with Gasteiger partial charge in [-0.15, -0.1) is 0 Å². The molecule has 2 aromatic carbocycles. The number of thioether (sulfide) groups is 1. The lowest BCUT2D eigenvalue weighted by atomic mass is 10.1. The van der Waals surface area contributed by atoms with Gasteiger partial charge in [0.15, 0.2) is 5.52 Å². The fourth-order valence-corrected chi connectivity index (χ4v) is 3.43. The van der Waals surface area contributed by atoms with Crippen molar-refractivity contribution in [3.63, 3.8) is 0 Å². The molecule has 0 bridgehead atoms. The van der Waals surface area contributed by atoms with E-state index in [1.807, 2.05) is 10.3 Å². The summed E-state index contributed by atoms with van der Waals surface area (Å²) >= 11 is 1.04. The predicted molar refractivity (Wildman–Crippen MR) is 103 cm³/mol. The van der Waals surface area contributed by atoms with Crippen LogP contribution in [0.2, 0.25) is 0 Å². The number of anilines is 3. The number of nitro benzene ring substituents is 1. The summed E-state index contributed by atoms with van der Waals surface area (Å²) in [6.07, 6.45) is 0. The molecular formula is C17H14N6O4S. The molecule has 11 heteroatoms. The minimum atomic E-state index is -0.502. The van der Waals surface area contributed by atoms with Gasteiger partial charge in [0.05, 0.1) is 23.8 Å². The van der Waals surface area contributed by atoms with Crippen LogP contribution < -0.4 is 10.2 Å². The Morgan fingerprint density at radius 1 is 1.21 bits per heavy atom. The molecule has 0 spiro atoms. The van der Waals surface area contributed by atoms with Gasteiger partial charge in [-0.05, 0) is 52.4 Å². The second kappa shape index (κ2) is 7.71. The Morgan fingerprint density at radius 3 is 2.61 bits per heavy atom. The van der Waals surface area contributed by atoms with Gasteiger partial charge >= 0.3 is 5.69 Å². The summed E-state index contributed by atoms with van der Waals surface area (Å²) in [5.41, 5.74) is 1.87. The van der Waals surface area contributed by atoms with Crippen LogP contribution in [0.5, 0.6) is 0 Å². The van der Waals surface area contributed by atoms with Crippen LogP contribution in [-0.2, 0) is 4.74 Å². The molecule has 0 amide bonds. The van der Waals surface area contributed by atoms with Crippen molar-refractivity contribution < 1.29 is 14.3 Å². The Hall–Kier alpha value is -3.36. The van der Waals surface area contributed by atoms with E-state index >= 15 is 0 Å². The van der Waals surface area contributed by atoms with Crippen molar-refractivity contribution in [2.45, 2.75) is 4.90 Å². The average Bonchev–Trinajstić information content (AvgIpc) is 3.19. The molecule has 28 heavy (non-hydrogen) atoms. The highest BCUT2D eigenvalue weighted by Crippen LogP contribution is 2.40. The highest BCUT2D eigenvalue weighted by atomic mass is 32.2. The van der Waals surface area contributed by atoms with Crippen LogP contribution in [-0.4, -0.2) is 41.5 Å². The maximum Gasteiger partial charge on any atom is 0.324 e. The lowest BCUT2D eigenvalue weighted by molar-refractivity contribution is -0.382. The van der Waals surface area contributed by atoms with Crippen LogP contribution in [0.3, 0.4) is 0 Å². The lowest BCUT2D eigenvalue weighted by Crippen LogP contribution is -2.36. The Morgan fingerprint density at radius 2 is 1.93 bits per heavy atom. The SMILES string of the molecule is N#CSc1ccc(Nc2cc(N3CCOCC3)c3nonc3c2[N+](=O)[O-])cc1. The number of morpholine rings is 1. The standard InChI is InChI=1S/C17H14N6O4S/c18-10-28-12-3-1-11(2-4-12)19-13-9-14(22-5-7-26-8-6-22)15-16(21-27-20-15)17(13)23(24)25/h1-4,9,19H,5-8H2. The molecule has 1 aliphatic rings. The fourth-order valence-electron chi connectivity index (χ4n) is 3.05. The fraction of sp³-hybridized carbons (Fsp3) is 0.235. The molecule has 4 rings (SSSR count). The topological polar surface area (TPSA) is 130 Å². The number of nitriles is 1. The van der Waals surface area contributed by atoms with E-state index in [1.54, 1.807) is 30.3 Å². The second-order valence-corrected chi connectivity index (χ2v) is 6.81. The van der Waals surface area contributed by atoms with E-state index in [2.05, 4.69) is 15.6 Å². The normalized spacial score (nSPS) is 14.0. The van der Waals surface area contributed by atoms with Gasteiger partial charge in [0.1, 0.15) is 11.1 Å². The van der Waals surface area contributed by atoms with Crippen molar-refractivity contribution in [1.82, 2.24) is 10.3 Å². The molecule has 2 heterocycles. The van der Waals surface area contributed by atoms with Gasteiger partial charge in [-0.3, -0.25) is 10.1 Å². The second-order valence-electron chi connectivity index (χ2n) is 5.95. The van der Waals surface area contributed by atoms with Gasteiger partial charge in [-0.25, -0.2) is 4.63 Å². The Labute approximate surface area is 163 Å². The summed E-state index contributed by atoms with van der Waals surface area (Å²) in [5, 5.41) is 33.2. The molecule has 1 aromatic heterocycles. The number of nitrogens with zero attached hydrogens (tertiary/aromatic N) is 5. The van der Waals surface area contributed by atoms with Crippen molar-refractivity contribution in [2.24, 2.45) is 0 Å². The van der Waals surface area contributed by atoms with E-state index in [-0.39, 0.29) is 16.9 Å². The van der Waals surface area contributed by atoms with Gasteiger partial charge < -0.3 is 15.0 Å². The van der Waals surface area contributed by atoms with Crippen LogP contribution in [0.15, 0.2) is 39.9 Å². The van der Waals surface area contributed by atoms with Crippen molar-refractivity contribution >= 4 is 45.5 Å². The maximum atomic E-state index is 11.7. The molecule has 1 fully saturated rings. The Balaban J connectivity index is 1.78. The van der Waals surface area contributed by atoms with Crippen LogP contribution in [0.1, 0.15) is 0 Å². The largest absolute Gasteiger partial charge is 0.378 e. The first-order chi connectivity index (χ1) is 13.7. The van der Waals surface area contributed by atoms with E-state index in [1.165, 1.54) is 0 Å². The van der Waals surface area contributed by atoms with Crippen molar-refractivity contribution in [2.75, 3.05) is 36.5 Å².